The van der Waals surface area contributed by atoms with E-state index in [1.165, 1.54) is 6.07 Å². The van der Waals surface area contributed by atoms with Crippen LogP contribution in [0.3, 0.4) is 0 Å². The lowest BCUT2D eigenvalue weighted by atomic mass is 10.2. The van der Waals surface area contributed by atoms with E-state index in [9.17, 15) is 0 Å². The van der Waals surface area contributed by atoms with Crippen LogP contribution in [0, 0.1) is 0 Å². The van der Waals surface area contributed by atoms with Crippen molar-refractivity contribution in [2.24, 2.45) is 0 Å². The highest BCUT2D eigenvalue weighted by molar-refractivity contribution is 6.32. The van der Waals surface area contributed by atoms with Gasteiger partial charge in [0.05, 0.1) is 12.2 Å². The lowest BCUT2D eigenvalue weighted by Crippen LogP contribution is -2.22. The Hall–Kier alpha value is -0.580. The standard InChI is InChI=1S/C10H14Cl2N2O2/c1-10(2,3)16-5-4-15-7-6-8(11)13-14-9(7)12/h6H,4-5H2,1-3H3. The highest BCUT2D eigenvalue weighted by Gasteiger charge is 2.10. The second kappa shape index (κ2) is 5.66. The van der Waals surface area contributed by atoms with Crippen molar-refractivity contribution in [2.75, 3.05) is 13.2 Å². The van der Waals surface area contributed by atoms with Gasteiger partial charge in [0.15, 0.2) is 16.1 Å². The van der Waals surface area contributed by atoms with Gasteiger partial charge in [0.1, 0.15) is 6.61 Å². The van der Waals surface area contributed by atoms with Crippen LogP contribution in [0.4, 0.5) is 0 Å². The highest BCUT2D eigenvalue weighted by atomic mass is 35.5. The Kier molecular flexibility index (Phi) is 4.77. The van der Waals surface area contributed by atoms with Gasteiger partial charge in [-0.05, 0) is 20.8 Å². The molecule has 0 aromatic carbocycles. The molecule has 0 atom stereocenters. The number of halogens is 2. The van der Waals surface area contributed by atoms with E-state index >= 15 is 0 Å². The van der Waals surface area contributed by atoms with Gasteiger partial charge in [0.25, 0.3) is 0 Å². The number of aromatic nitrogens is 2. The molecule has 6 heteroatoms. The summed E-state index contributed by atoms with van der Waals surface area (Å²) < 4.78 is 10.9. The second-order valence-corrected chi connectivity index (χ2v) is 4.88. The first-order valence-corrected chi connectivity index (χ1v) is 5.59. The summed E-state index contributed by atoms with van der Waals surface area (Å²) in [4.78, 5) is 0. The summed E-state index contributed by atoms with van der Waals surface area (Å²) in [7, 11) is 0. The minimum Gasteiger partial charge on any atom is -0.488 e. The van der Waals surface area contributed by atoms with E-state index < -0.39 is 0 Å². The van der Waals surface area contributed by atoms with Crippen LogP contribution < -0.4 is 4.74 Å². The molecule has 0 amide bonds. The topological polar surface area (TPSA) is 44.2 Å². The molecule has 1 heterocycles. The van der Waals surface area contributed by atoms with Crippen molar-refractivity contribution in [2.45, 2.75) is 26.4 Å². The van der Waals surface area contributed by atoms with Crippen molar-refractivity contribution in [1.82, 2.24) is 10.2 Å². The van der Waals surface area contributed by atoms with Crippen LogP contribution in [0.5, 0.6) is 5.75 Å². The van der Waals surface area contributed by atoms with Crippen LogP contribution in [-0.4, -0.2) is 29.0 Å². The zero-order valence-corrected chi connectivity index (χ0v) is 11.0. The van der Waals surface area contributed by atoms with Crippen molar-refractivity contribution < 1.29 is 9.47 Å². The van der Waals surface area contributed by atoms with Gasteiger partial charge >= 0.3 is 0 Å². The lowest BCUT2D eigenvalue weighted by molar-refractivity contribution is -0.0163. The molecule has 0 aliphatic heterocycles. The molecule has 90 valence electrons. The summed E-state index contributed by atoms with van der Waals surface area (Å²) in [5.74, 6) is 0.416. The first-order chi connectivity index (χ1) is 7.38. The van der Waals surface area contributed by atoms with Gasteiger partial charge in [-0.15, -0.1) is 10.2 Å². The van der Waals surface area contributed by atoms with Crippen molar-refractivity contribution in [3.05, 3.63) is 16.4 Å². The second-order valence-electron chi connectivity index (χ2n) is 4.13. The Morgan fingerprint density at radius 1 is 1.19 bits per heavy atom. The van der Waals surface area contributed by atoms with E-state index in [1.54, 1.807) is 0 Å². The maximum atomic E-state index is 5.77. The molecule has 1 aromatic rings. The summed E-state index contributed by atoms with van der Waals surface area (Å²) in [6.07, 6.45) is 0. The zero-order chi connectivity index (χ0) is 12.2. The fraction of sp³-hybridized carbons (Fsp3) is 0.600. The van der Waals surface area contributed by atoms with Crippen LogP contribution in [0.2, 0.25) is 10.3 Å². The molecule has 0 fully saturated rings. The van der Waals surface area contributed by atoms with Gasteiger partial charge in [0.2, 0.25) is 0 Å². The van der Waals surface area contributed by atoms with Crippen molar-refractivity contribution in [1.29, 1.82) is 0 Å². The first-order valence-electron chi connectivity index (χ1n) is 4.84. The third-order valence-corrected chi connectivity index (χ3v) is 2.01. The van der Waals surface area contributed by atoms with Crippen LogP contribution in [0.15, 0.2) is 6.07 Å². The monoisotopic (exact) mass is 264 g/mol. The third kappa shape index (κ3) is 4.96. The predicted octanol–water partition coefficient (Wildman–Crippen LogP) is 2.98. The SMILES string of the molecule is CC(C)(C)OCCOc1cc(Cl)nnc1Cl. The molecule has 0 saturated carbocycles. The Morgan fingerprint density at radius 3 is 2.50 bits per heavy atom. The van der Waals surface area contributed by atoms with E-state index in [2.05, 4.69) is 10.2 Å². The van der Waals surface area contributed by atoms with Gasteiger partial charge in [-0.3, -0.25) is 0 Å². The molecule has 0 aliphatic rings. The Morgan fingerprint density at radius 2 is 1.88 bits per heavy atom. The highest BCUT2D eigenvalue weighted by Crippen LogP contribution is 2.23. The third-order valence-electron chi connectivity index (χ3n) is 1.56. The summed E-state index contributed by atoms with van der Waals surface area (Å²) in [6.45, 7) is 6.79. The number of rotatable bonds is 4. The summed E-state index contributed by atoms with van der Waals surface area (Å²) >= 11 is 11.4. The molecule has 0 unspecified atom stereocenters. The van der Waals surface area contributed by atoms with Crippen LogP contribution in [-0.2, 0) is 4.74 Å². The molecule has 0 saturated heterocycles. The van der Waals surface area contributed by atoms with E-state index in [0.717, 1.165) is 0 Å². The van der Waals surface area contributed by atoms with Gasteiger partial charge < -0.3 is 9.47 Å². The van der Waals surface area contributed by atoms with Crippen LogP contribution in [0.25, 0.3) is 0 Å². The van der Waals surface area contributed by atoms with Gasteiger partial charge in [-0.1, -0.05) is 23.2 Å². The van der Waals surface area contributed by atoms with Gasteiger partial charge in [0, 0.05) is 6.07 Å². The summed E-state index contributed by atoms with van der Waals surface area (Å²) in [6, 6.07) is 1.52. The maximum absolute atomic E-state index is 5.77. The average molecular weight is 265 g/mol. The minimum atomic E-state index is -0.179. The normalized spacial score (nSPS) is 11.6. The quantitative estimate of drug-likeness (QED) is 0.785. The summed E-state index contributed by atoms with van der Waals surface area (Å²) in [5.41, 5.74) is -0.179. The molecule has 16 heavy (non-hydrogen) atoms. The molecular weight excluding hydrogens is 251 g/mol. The van der Waals surface area contributed by atoms with Gasteiger partial charge in [-0.25, -0.2) is 0 Å². The van der Waals surface area contributed by atoms with Crippen molar-refractivity contribution in [3.63, 3.8) is 0 Å². The Balaban J connectivity index is 2.40. The number of hydrogen-bond acceptors (Lipinski definition) is 4. The maximum Gasteiger partial charge on any atom is 0.193 e. The van der Waals surface area contributed by atoms with E-state index in [1.807, 2.05) is 20.8 Å². The molecule has 1 aromatic heterocycles. The average Bonchev–Trinajstić information content (AvgIpc) is 2.16. The molecular formula is C10H14Cl2N2O2. The Bertz CT molecular complexity index is 353. The largest absolute Gasteiger partial charge is 0.488 e. The van der Waals surface area contributed by atoms with E-state index in [4.69, 9.17) is 32.7 Å². The number of hydrogen-bond donors (Lipinski definition) is 0. The minimum absolute atomic E-state index is 0.179. The van der Waals surface area contributed by atoms with Crippen molar-refractivity contribution in [3.8, 4) is 5.75 Å². The van der Waals surface area contributed by atoms with Gasteiger partial charge in [-0.2, -0.15) is 0 Å². The smallest absolute Gasteiger partial charge is 0.193 e. The first kappa shape index (κ1) is 13.5. The fourth-order valence-electron chi connectivity index (χ4n) is 0.938. The fourth-order valence-corrected chi connectivity index (χ4v) is 1.22. The zero-order valence-electron chi connectivity index (χ0n) is 9.46. The molecule has 4 nitrogen and oxygen atoms in total. The number of ether oxygens (including phenoxy) is 2. The van der Waals surface area contributed by atoms with E-state index in [0.29, 0.717) is 19.0 Å². The molecule has 0 aliphatic carbocycles. The molecule has 0 radical (unpaired) electrons. The predicted molar refractivity (Wildman–Crippen MR) is 63.3 cm³/mol. The summed E-state index contributed by atoms with van der Waals surface area (Å²) in [5, 5.41) is 7.64. The molecule has 0 spiro atoms. The van der Waals surface area contributed by atoms with Crippen LogP contribution in [0.1, 0.15) is 20.8 Å². The molecule has 0 N–H and O–H groups in total. The number of nitrogens with zero attached hydrogens (tertiary/aromatic N) is 2. The van der Waals surface area contributed by atoms with Crippen LogP contribution >= 0.6 is 23.2 Å². The lowest BCUT2D eigenvalue weighted by Gasteiger charge is -2.19. The van der Waals surface area contributed by atoms with Crippen molar-refractivity contribution >= 4 is 23.2 Å². The molecule has 1 rings (SSSR count). The van der Waals surface area contributed by atoms with E-state index in [-0.39, 0.29) is 15.9 Å². The molecule has 0 bridgehead atoms. The Labute approximate surface area is 105 Å².